The maximum Gasteiger partial charge on any atom is 0.235 e. The zero-order valence-corrected chi connectivity index (χ0v) is 23.0. The average molecular weight is 550 g/mol. The van der Waals surface area contributed by atoms with Crippen molar-refractivity contribution in [2.75, 3.05) is 0 Å². The summed E-state index contributed by atoms with van der Waals surface area (Å²) in [5, 5.41) is 6.78. The van der Waals surface area contributed by atoms with Crippen molar-refractivity contribution in [2.24, 2.45) is 0 Å². The van der Waals surface area contributed by atoms with Crippen LogP contribution in [0.15, 0.2) is 140 Å². The lowest BCUT2D eigenvalue weighted by atomic mass is 9.97. The second kappa shape index (κ2) is 9.29. The monoisotopic (exact) mass is 549 g/mol. The molecule has 5 heteroatoms. The summed E-state index contributed by atoms with van der Waals surface area (Å²) >= 11 is 0. The highest BCUT2D eigenvalue weighted by atomic mass is 15.2. The zero-order chi connectivity index (χ0) is 28.3. The van der Waals surface area contributed by atoms with E-state index in [4.69, 9.17) is 19.9 Å². The predicted molar refractivity (Wildman–Crippen MR) is 175 cm³/mol. The Morgan fingerprint density at radius 3 is 1.63 bits per heavy atom. The van der Waals surface area contributed by atoms with Crippen LogP contribution < -0.4 is 0 Å². The van der Waals surface area contributed by atoms with Crippen LogP contribution in [0.4, 0.5) is 0 Å². The van der Waals surface area contributed by atoms with Crippen LogP contribution in [0.2, 0.25) is 0 Å². The maximum atomic E-state index is 5.19. The Bertz CT molecular complexity index is 2440. The van der Waals surface area contributed by atoms with Crippen LogP contribution in [-0.4, -0.2) is 24.5 Å². The number of hydrogen-bond acceptors (Lipinski definition) is 4. The van der Waals surface area contributed by atoms with E-state index in [0.29, 0.717) is 5.95 Å². The SMILES string of the molecule is c1ccc(-c2cc(-c3ccccc3)nc(-n3c4ccccc4c4cc5c6ccccc6c6nccnc6c5cc43)n2)cc1. The summed E-state index contributed by atoms with van der Waals surface area (Å²) in [6.07, 6.45) is 3.54. The normalized spacial score (nSPS) is 11.7. The van der Waals surface area contributed by atoms with E-state index in [-0.39, 0.29) is 0 Å². The Labute approximate surface area is 246 Å². The number of aromatic nitrogens is 5. The molecule has 0 radical (unpaired) electrons. The highest BCUT2D eigenvalue weighted by molar-refractivity contribution is 6.27. The summed E-state index contributed by atoms with van der Waals surface area (Å²) in [7, 11) is 0. The highest BCUT2D eigenvalue weighted by Gasteiger charge is 2.19. The Hall–Kier alpha value is -5.94. The molecule has 0 saturated carbocycles. The van der Waals surface area contributed by atoms with Crippen LogP contribution in [0.3, 0.4) is 0 Å². The van der Waals surface area contributed by atoms with Gasteiger partial charge in [-0.25, -0.2) is 9.97 Å². The van der Waals surface area contributed by atoms with Gasteiger partial charge in [0.1, 0.15) is 0 Å². The molecule has 3 heterocycles. The first-order valence-corrected chi connectivity index (χ1v) is 14.3. The Morgan fingerprint density at radius 1 is 0.395 bits per heavy atom. The third-order valence-corrected chi connectivity index (χ3v) is 8.29. The van der Waals surface area contributed by atoms with Gasteiger partial charge in [0.25, 0.3) is 0 Å². The second-order valence-corrected chi connectivity index (χ2v) is 10.7. The van der Waals surface area contributed by atoms with E-state index in [9.17, 15) is 0 Å². The number of rotatable bonds is 3. The van der Waals surface area contributed by atoms with Gasteiger partial charge in [0.05, 0.1) is 33.5 Å². The molecule has 0 aliphatic heterocycles. The molecule has 0 unspecified atom stereocenters. The van der Waals surface area contributed by atoms with Crippen LogP contribution in [0.25, 0.3) is 82.8 Å². The van der Waals surface area contributed by atoms with Crippen LogP contribution >= 0.6 is 0 Å². The van der Waals surface area contributed by atoms with Crippen LogP contribution in [0.5, 0.6) is 0 Å². The molecule has 0 atom stereocenters. The summed E-state index contributed by atoms with van der Waals surface area (Å²) < 4.78 is 2.19. The van der Waals surface area contributed by atoms with Crippen molar-refractivity contribution in [1.82, 2.24) is 24.5 Å². The molecule has 3 aromatic heterocycles. The van der Waals surface area contributed by atoms with Crippen molar-refractivity contribution in [3.63, 3.8) is 0 Å². The molecule has 0 saturated heterocycles. The first-order valence-electron chi connectivity index (χ1n) is 14.3. The molecule has 0 spiro atoms. The van der Waals surface area contributed by atoms with Gasteiger partial charge in [0, 0.05) is 45.1 Å². The minimum Gasteiger partial charge on any atom is -0.278 e. The Morgan fingerprint density at radius 2 is 0.953 bits per heavy atom. The van der Waals surface area contributed by atoms with E-state index in [1.807, 2.05) is 36.4 Å². The van der Waals surface area contributed by atoms with Gasteiger partial charge in [0.2, 0.25) is 5.95 Å². The molecule has 0 bridgehead atoms. The number of fused-ring (bicyclic) bond motifs is 9. The van der Waals surface area contributed by atoms with E-state index in [1.54, 1.807) is 12.4 Å². The van der Waals surface area contributed by atoms with Gasteiger partial charge < -0.3 is 0 Å². The summed E-state index contributed by atoms with van der Waals surface area (Å²) in [6, 6.07) is 44.2. The fourth-order valence-electron chi connectivity index (χ4n) is 6.35. The molecule has 9 rings (SSSR count). The minimum absolute atomic E-state index is 0.627. The molecule has 0 aliphatic carbocycles. The predicted octanol–water partition coefficient (Wildman–Crippen LogP) is 9.16. The van der Waals surface area contributed by atoms with Gasteiger partial charge in [-0.1, -0.05) is 103 Å². The molecular weight excluding hydrogens is 526 g/mol. The van der Waals surface area contributed by atoms with Crippen LogP contribution in [0.1, 0.15) is 0 Å². The minimum atomic E-state index is 0.627. The number of para-hydroxylation sites is 1. The number of hydrogen-bond donors (Lipinski definition) is 0. The van der Waals surface area contributed by atoms with Crippen LogP contribution in [0, 0.1) is 0 Å². The number of nitrogens with zero attached hydrogens (tertiary/aromatic N) is 5. The van der Waals surface area contributed by atoms with Crippen molar-refractivity contribution in [3.05, 3.63) is 140 Å². The third-order valence-electron chi connectivity index (χ3n) is 8.29. The number of benzene rings is 6. The zero-order valence-electron chi connectivity index (χ0n) is 23.0. The van der Waals surface area contributed by atoms with Gasteiger partial charge in [0.15, 0.2) is 0 Å². The largest absolute Gasteiger partial charge is 0.278 e. The molecule has 43 heavy (non-hydrogen) atoms. The average Bonchev–Trinajstić information content (AvgIpc) is 3.41. The fourth-order valence-corrected chi connectivity index (χ4v) is 6.35. The molecule has 0 amide bonds. The molecule has 6 aromatic carbocycles. The Kier molecular flexibility index (Phi) is 5.13. The lowest BCUT2D eigenvalue weighted by Crippen LogP contribution is -2.04. The molecule has 0 N–H and O–H groups in total. The van der Waals surface area contributed by atoms with Gasteiger partial charge >= 0.3 is 0 Å². The van der Waals surface area contributed by atoms with E-state index in [1.165, 1.54) is 0 Å². The Balaban J connectivity index is 1.43. The molecule has 200 valence electrons. The first kappa shape index (κ1) is 23.7. The van der Waals surface area contributed by atoms with Gasteiger partial charge in [-0.3, -0.25) is 14.5 Å². The van der Waals surface area contributed by atoms with Crippen molar-refractivity contribution < 1.29 is 0 Å². The summed E-state index contributed by atoms with van der Waals surface area (Å²) in [4.78, 5) is 20.0. The molecular formula is C38H23N5. The molecule has 0 aliphatic rings. The lowest BCUT2D eigenvalue weighted by Gasteiger charge is -2.13. The van der Waals surface area contributed by atoms with Gasteiger partial charge in [-0.05, 0) is 35.0 Å². The smallest absolute Gasteiger partial charge is 0.235 e. The highest BCUT2D eigenvalue weighted by Crippen LogP contribution is 2.39. The summed E-state index contributed by atoms with van der Waals surface area (Å²) in [6.45, 7) is 0. The van der Waals surface area contributed by atoms with E-state index >= 15 is 0 Å². The molecule has 9 aromatic rings. The van der Waals surface area contributed by atoms with Crippen molar-refractivity contribution in [3.8, 4) is 28.5 Å². The second-order valence-electron chi connectivity index (χ2n) is 10.7. The van der Waals surface area contributed by atoms with E-state index < -0.39 is 0 Å². The van der Waals surface area contributed by atoms with Gasteiger partial charge in [-0.15, -0.1) is 0 Å². The quantitative estimate of drug-likeness (QED) is 0.206. The van der Waals surface area contributed by atoms with E-state index in [2.05, 4.69) is 95.6 Å². The van der Waals surface area contributed by atoms with E-state index in [0.717, 1.165) is 76.9 Å². The van der Waals surface area contributed by atoms with Gasteiger partial charge in [-0.2, -0.15) is 0 Å². The molecule has 5 nitrogen and oxygen atoms in total. The summed E-state index contributed by atoms with van der Waals surface area (Å²) in [5.74, 6) is 0.627. The van der Waals surface area contributed by atoms with Crippen molar-refractivity contribution >= 4 is 54.4 Å². The third kappa shape index (κ3) is 3.65. The van der Waals surface area contributed by atoms with Crippen LogP contribution in [-0.2, 0) is 0 Å². The van der Waals surface area contributed by atoms with Crippen molar-refractivity contribution in [2.45, 2.75) is 0 Å². The summed E-state index contributed by atoms with van der Waals surface area (Å²) in [5.41, 5.74) is 7.71. The first-order chi connectivity index (χ1) is 21.3. The molecule has 0 fully saturated rings. The standard InChI is InChI=1S/C38H23N5/c1-3-11-24(12-4-1)32-23-33(25-13-5-2-6-14-25)42-38(41-32)43-34-18-10-9-16-27(34)30-21-29-26-15-7-8-17-28(26)36-37(40-20-19-39-36)31(29)22-35(30)43/h1-23H. The van der Waals surface area contributed by atoms with Crippen molar-refractivity contribution in [1.29, 1.82) is 0 Å². The fraction of sp³-hybridized carbons (Fsp3) is 0. The maximum absolute atomic E-state index is 5.19. The topological polar surface area (TPSA) is 56.5 Å². The lowest BCUT2D eigenvalue weighted by molar-refractivity contribution is 0.996.